The first kappa shape index (κ1) is 20.9. The summed E-state index contributed by atoms with van der Waals surface area (Å²) in [7, 11) is 4.00. The lowest BCUT2D eigenvalue weighted by atomic mass is 9.99. The Kier molecular flexibility index (Phi) is 6.40. The van der Waals surface area contributed by atoms with Gasteiger partial charge in [-0.15, -0.1) is 0 Å². The Labute approximate surface area is 176 Å². The molecule has 0 spiro atoms. The molecule has 8 nitrogen and oxygen atoms in total. The Morgan fingerprint density at radius 3 is 2.80 bits per heavy atom. The number of morpholine rings is 1. The fourth-order valence-electron chi connectivity index (χ4n) is 4.33. The third-order valence-electron chi connectivity index (χ3n) is 5.88. The molecule has 2 fully saturated rings. The maximum Gasteiger partial charge on any atom is 0.256 e. The zero-order valence-corrected chi connectivity index (χ0v) is 17.6. The Balaban J connectivity index is 1.60. The van der Waals surface area contributed by atoms with Crippen molar-refractivity contribution in [1.82, 2.24) is 29.5 Å². The maximum atomic E-state index is 13.7. The van der Waals surface area contributed by atoms with Gasteiger partial charge in [-0.3, -0.25) is 19.4 Å². The number of aromatic nitrogens is 3. The van der Waals surface area contributed by atoms with Gasteiger partial charge in [-0.05, 0) is 32.6 Å². The summed E-state index contributed by atoms with van der Waals surface area (Å²) in [5, 5.41) is 4.31. The summed E-state index contributed by atoms with van der Waals surface area (Å²) < 4.78 is 21.6. The number of likely N-dealkylation sites (N-methyl/N-ethyl adjacent to an activating group) is 1. The van der Waals surface area contributed by atoms with E-state index in [1.165, 1.54) is 12.3 Å². The number of carbonyl (C=O) groups excluding carboxylic acids is 1. The van der Waals surface area contributed by atoms with E-state index in [-0.39, 0.29) is 23.6 Å². The third kappa shape index (κ3) is 4.69. The molecule has 0 aliphatic carbocycles. The number of hydrogen-bond acceptors (Lipinski definition) is 6. The van der Waals surface area contributed by atoms with Crippen LogP contribution in [0.1, 0.15) is 28.4 Å². The van der Waals surface area contributed by atoms with E-state index in [0.717, 1.165) is 50.9 Å². The van der Waals surface area contributed by atoms with Crippen molar-refractivity contribution in [3.05, 3.63) is 47.8 Å². The van der Waals surface area contributed by atoms with E-state index in [4.69, 9.17) is 4.74 Å². The summed E-state index contributed by atoms with van der Waals surface area (Å²) in [4.78, 5) is 23.7. The number of aryl methyl sites for hydroxylation is 1. The highest BCUT2D eigenvalue weighted by atomic mass is 19.1. The molecule has 30 heavy (non-hydrogen) atoms. The lowest BCUT2D eigenvalue weighted by molar-refractivity contribution is -0.0723. The minimum absolute atomic E-state index is 0.183. The van der Waals surface area contributed by atoms with Gasteiger partial charge in [0.25, 0.3) is 5.91 Å². The minimum Gasteiger partial charge on any atom is -0.373 e. The van der Waals surface area contributed by atoms with Crippen molar-refractivity contribution in [2.45, 2.75) is 18.6 Å². The highest BCUT2D eigenvalue weighted by Crippen LogP contribution is 2.31. The number of amides is 1. The van der Waals surface area contributed by atoms with E-state index in [9.17, 15) is 9.18 Å². The van der Waals surface area contributed by atoms with Gasteiger partial charge in [0, 0.05) is 51.2 Å². The molecule has 162 valence electrons. The quantitative estimate of drug-likeness (QED) is 0.746. The van der Waals surface area contributed by atoms with Crippen LogP contribution in [0.5, 0.6) is 0 Å². The Hall–Kier alpha value is -2.36. The van der Waals surface area contributed by atoms with Gasteiger partial charge < -0.3 is 14.5 Å². The Morgan fingerprint density at radius 1 is 1.17 bits per heavy atom. The van der Waals surface area contributed by atoms with Crippen LogP contribution >= 0.6 is 0 Å². The molecule has 0 saturated carbocycles. The number of ether oxygens (including phenoxy) is 1. The van der Waals surface area contributed by atoms with Gasteiger partial charge in [-0.25, -0.2) is 4.39 Å². The molecule has 2 aliphatic rings. The fourth-order valence-corrected chi connectivity index (χ4v) is 4.33. The molecule has 4 heterocycles. The first-order valence-electron chi connectivity index (χ1n) is 10.4. The van der Waals surface area contributed by atoms with Crippen LogP contribution in [0.2, 0.25) is 0 Å². The zero-order valence-electron chi connectivity index (χ0n) is 17.6. The van der Waals surface area contributed by atoms with E-state index >= 15 is 0 Å². The average Bonchev–Trinajstić information content (AvgIpc) is 3.06. The summed E-state index contributed by atoms with van der Waals surface area (Å²) in [6, 6.07) is 0.953. The fraction of sp³-hybridized carbons (Fsp3) is 0.571. The third-order valence-corrected chi connectivity index (χ3v) is 5.88. The first-order chi connectivity index (χ1) is 14.5. The molecule has 1 amide bonds. The molecule has 0 unspecified atom stereocenters. The van der Waals surface area contributed by atoms with Crippen LogP contribution in [0.25, 0.3) is 0 Å². The SMILES string of the molecule is CN1CCCN(C[C@@H]2OCCN(C(=O)c3cncc(F)c3)[C@H]2c2cnn(C)c2)CC1. The van der Waals surface area contributed by atoms with Crippen molar-refractivity contribution in [3.63, 3.8) is 0 Å². The van der Waals surface area contributed by atoms with Gasteiger partial charge in [-0.2, -0.15) is 5.10 Å². The predicted octanol–water partition coefficient (Wildman–Crippen LogP) is 1.17. The highest BCUT2D eigenvalue weighted by Gasteiger charge is 2.38. The molecule has 2 saturated heterocycles. The molecule has 0 radical (unpaired) electrons. The van der Waals surface area contributed by atoms with Crippen LogP contribution in [0, 0.1) is 5.82 Å². The van der Waals surface area contributed by atoms with E-state index in [2.05, 4.69) is 26.9 Å². The second-order valence-electron chi connectivity index (χ2n) is 8.15. The summed E-state index contributed by atoms with van der Waals surface area (Å²) in [5.74, 6) is -0.753. The van der Waals surface area contributed by atoms with Crippen LogP contribution < -0.4 is 0 Å². The Morgan fingerprint density at radius 2 is 2.03 bits per heavy atom. The van der Waals surface area contributed by atoms with Crippen molar-refractivity contribution in [2.24, 2.45) is 7.05 Å². The highest BCUT2D eigenvalue weighted by molar-refractivity contribution is 5.94. The lowest BCUT2D eigenvalue weighted by Gasteiger charge is -2.42. The van der Waals surface area contributed by atoms with Crippen LogP contribution in [-0.4, -0.2) is 94.4 Å². The van der Waals surface area contributed by atoms with E-state index in [0.29, 0.717) is 13.2 Å². The second-order valence-corrected chi connectivity index (χ2v) is 8.15. The number of hydrogen-bond donors (Lipinski definition) is 0. The van der Waals surface area contributed by atoms with E-state index in [1.54, 1.807) is 15.8 Å². The minimum atomic E-state index is -0.516. The molecule has 2 aromatic rings. The van der Waals surface area contributed by atoms with Gasteiger partial charge in [0.1, 0.15) is 5.82 Å². The van der Waals surface area contributed by atoms with Gasteiger partial charge in [-0.1, -0.05) is 0 Å². The Bertz CT molecular complexity index is 875. The molecular formula is C21H29FN6O2. The first-order valence-corrected chi connectivity index (χ1v) is 10.4. The predicted molar refractivity (Wildman–Crippen MR) is 109 cm³/mol. The normalized spacial score (nSPS) is 24.0. The van der Waals surface area contributed by atoms with Gasteiger partial charge >= 0.3 is 0 Å². The summed E-state index contributed by atoms with van der Waals surface area (Å²) >= 11 is 0. The average molecular weight is 417 g/mol. The smallest absolute Gasteiger partial charge is 0.256 e. The van der Waals surface area contributed by atoms with Gasteiger partial charge in [0.2, 0.25) is 0 Å². The zero-order chi connectivity index (χ0) is 21.1. The second kappa shape index (κ2) is 9.20. The largest absolute Gasteiger partial charge is 0.373 e. The maximum absolute atomic E-state index is 13.7. The number of carbonyl (C=O) groups is 1. The molecule has 0 N–H and O–H groups in total. The number of pyridine rings is 1. The monoisotopic (exact) mass is 416 g/mol. The lowest BCUT2D eigenvalue weighted by Crippen LogP contribution is -2.52. The summed E-state index contributed by atoms with van der Waals surface area (Å²) in [5.41, 5.74) is 1.17. The molecule has 2 aromatic heterocycles. The van der Waals surface area contributed by atoms with Gasteiger partial charge in [0.05, 0.1) is 36.7 Å². The standard InChI is InChI=1S/C21H29FN6O2/c1-25-4-3-5-27(7-6-25)15-19-20(17-12-24-26(2)14-17)28(8-9-30-19)21(29)16-10-18(22)13-23-11-16/h10-14,19-20H,3-9,15H2,1-2H3/t19-,20-/m0/s1. The number of halogens is 1. The summed E-state index contributed by atoms with van der Waals surface area (Å²) in [6.07, 6.45) is 7.16. The van der Waals surface area contributed by atoms with Crippen LogP contribution in [0.3, 0.4) is 0 Å². The topological polar surface area (TPSA) is 66.7 Å². The van der Waals surface area contributed by atoms with Gasteiger partial charge in [0.15, 0.2) is 0 Å². The van der Waals surface area contributed by atoms with Crippen LogP contribution in [0.15, 0.2) is 30.9 Å². The van der Waals surface area contributed by atoms with Crippen LogP contribution in [-0.2, 0) is 11.8 Å². The molecule has 4 rings (SSSR count). The van der Waals surface area contributed by atoms with Crippen molar-refractivity contribution >= 4 is 5.91 Å². The van der Waals surface area contributed by atoms with Crippen molar-refractivity contribution in [2.75, 3.05) is 52.9 Å². The summed E-state index contributed by atoms with van der Waals surface area (Å²) in [6.45, 7) is 5.70. The molecule has 2 atom stereocenters. The van der Waals surface area contributed by atoms with Crippen molar-refractivity contribution < 1.29 is 13.9 Å². The number of nitrogens with zero attached hydrogens (tertiary/aromatic N) is 6. The molecule has 9 heteroatoms. The van der Waals surface area contributed by atoms with E-state index < -0.39 is 5.82 Å². The molecule has 0 aromatic carbocycles. The number of rotatable bonds is 4. The van der Waals surface area contributed by atoms with Crippen LogP contribution in [0.4, 0.5) is 4.39 Å². The molecular weight excluding hydrogens is 387 g/mol. The van der Waals surface area contributed by atoms with Crippen molar-refractivity contribution in [3.8, 4) is 0 Å². The molecule has 0 bridgehead atoms. The van der Waals surface area contributed by atoms with E-state index in [1.807, 2.05) is 13.2 Å². The molecule has 2 aliphatic heterocycles. The van der Waals surface area contributed by atoms with Crippen molar-refractivity contribution in [1.29, 1.82) is 0 Å².